The molecule has 0 aliphatic carbocycles. The zero-order chi connectivity index (χ0) is 17.6. The average Bonchev–Trinajstić information content (AvgIpc) is 2.92. The second-order valence-corrected chi connectivity index (χ2v) is 6.68. The fourth-order valence-corrected chi connectivity index (χ4v) is 3.66. The minimum atomic E-state index is -0.183. The Morgan fingerprint density at radius 1 is 1.28 bits per heavy atom. The van der Waals surface area contributed by atoms with Crippen LogP contribution in [-0.4, -0.2) is 17.1 Å². The maximum Gasteiger partial charge on any atom is 0.251 e. The van der Waals surface area contributed by atoms with E-state index in [0.29, 0.717) is 18.0 Å². The van der Waals surface area contributed by atoms with Crippen LogP contribution >= 0.6 is 11.3 Å². The van der Waals surface area contributed by atoms with Crippen molar-refractivity contribution in [2.24, 2.45) is 4.99 Å². The van der Waals surface area contributed by atoms with E-state index in [1.54, 1.807) is 0 Å². The number of para-hydroxylation sites is 1. The quantitative estimate of drug-likeness (QED) is 0.627. The Kier molecular flexibility index (Phi) is 5.46. The number of ether oxygens (including phenoxy) is 1. The smallest absolute Gasteiger partial charge is 0.251 e. The number of carbonyl (C=O) groups is 1. The fourth-order valence-electron chi connectivity index (χ4n) is 2.51. The first-order valence-electron chi connectivity index (χ1n) is 8.13. The molecule has 5 heteroatoms. The van der Waals surface area contributed by atoms with E-state index in [2.05, 4.69) is 36.7 Å². The van der Waals surface area contributed by atoms with Gasteiger partial charge in [0.2, 0.25) is 0 Å². The minimum absolute atomic E-state index is 0.183. The summed E-state index contributed by atoms with van der Waals surface area (Å²) in [5.74, 6) is 0.575. The van der Waals surface area contributed by atoms with Crippen molar-refractivity contribution in [1.82, 2.24) is 4.57 Å². The summed E-state index contributed by atoms with van der Waals surface area (Å²) in [4.78, 5) is 17.2. The molecule has 128 valence electrons. The van der Waals surface area contributed by atoms with Crippen molar-refractivity contribution < 1.29 is 9.53 Å². The normalized spacial score (nSPS) is 11.6. The lowest BCUT2D eigenvalue weighted by molar-refractivity contribution is -0.118. The van der Waals surface area contributed by atoms with E-state index in [0.717, 1.165) is 16.0 Å². The molecular weight excluding hydrogens is 332 g/mol. The van der Waals surface area contributed by atoms with Gasteiger partial charge in [-0.1, -0.05) is 41.7 Å². The molecule has 3 rings (SSSR count). The minimum Gasteiger partial charge on any atom is -0.493 e. The van der Waals surface area contributed by atoms with Crippen LogP contribution in [0.4, 0.5) is 0 Å². The molecule has 0 saturated carbocycles. The summed E-state index contributed by atoms with van der Waals surface area (Å²) in [5.41, 5.74) is 2.26. The Bertz CT molecular complexity index is 955. The molecule has 2 aromatic carbocycles. The second kappa shape index (κ2) is 7.94. The van der Waals surface area contributed by atoms with Gasteiger partial charge in [-0.15, -0.1) is 6.58 Å². The zero-order valence-electron chi connectivity index (χ0n) is 14.1. The molecular formula is C20H20N2O2S. The first-order valence-corrected chi connectivity index (χ1v) is 8.95. The number of allylic oxidation sites excluding steroid dienone is 1. The van der Waals surface area contributed by atoms with Crippen LogP contribution in [0.1, 0.15) is 12.0 Å². The number of hydrogen-bond donors (Lipinski definition) is 0. The number of amides is 1. The summed E-state index contributed by atoms with van der Waals surface area (Å²) in [6.45, 7) is 6.79. The molecule has 25 heavy (non-hydrogen) atoms. The number of rotatable bonds is 6. The van der Waals surface area contributed by atoms with Crippen LogP contribution in [0.15, 0.2) is 66.2 Å². The predicted molar refractivity (Wildman–Crippen MR) is 102 cm³/mol. The van der Waals surface area contributed by atoms with Crippen molar-refractivity contribution in [1.29, 1.82) is 0 Å². The van der Waals surface area contributed by atoms with Crippen LogP contribution < -0.4 is 9.54 Å². The van der Waals surface area contributed by atoms with E-state index in [-0.39, 0.29) is 12.3 Å². The Hall–Kier alpha value is -2.66. The summed E-state index contributed by atoms with van der Waals surface area (Å²) in [7, 11) is 0. The molecule has 0 atom stereocenters. The highest BCUT2D eigenvalue weighted by molar-refractivity contribution is 7.16. The largest absolute Gasteiger partial charge is 0.493 e. The van der Waals surface area contributed by atoms with E-state index in [1.807, 2.05) is 41.0 Å². The van der Waals surface area contributed by atoms with Crippen molar-refractivity contribution in [3.63, 3.8) is 0 Å². The van der Waals surface area contributed by atoms with Gasteiger partial charge < -0.3 is 9.30 Å². The lowest BCUT2D eigenvalue weighted by Crippen LogP contribution is -2.17. The maximum absolute atomic E-state index is 12.2. The summed E-state index contributed by atoms with van der Waals surface area (Å²) in [6, 6.07) is 15.7. The van der Waals surface area contributed by atoms with Gasteiger partial charge >= 0.3 is 0 Å². The number of nitrogens with zero attached hydrogens (tertiary/aromatic N) is 2. The highest BCUT2D eigenvalue weighted by Gasteiger charge is 2.07. The van der Waals surface area contributed by atoms with Crippen molar-refractivity contribution in [2.45, 2.75) is 19.9 Å². The first kappa shape index (κ1) is 17.2. The van der Waals surface area contributed by atoms with E-state index >= 15 is 0 Å². The Morgan fingerprint density at radius 3 is 2.84 bits per heavy atom. The zero-order valence-corrected chi connectivity index (χ0v) is 15.0. The number of fused-ring (bicyclic) bond motifs is 1. The molecule has 3 aromatic rings. The summed E-state index contributed by atoms with van der Waals surface area (Å²) in [6.07, 6.45) is 2.06. The number of thiazole rings is 1. The molecule has 0 N–H and O–H groups in total. The lowest BCUT2D eigenvalue weighted by Gasteiger charge is -2.03. The van der Waals surface area contributed by atoms with E-state index in [4.69, 9.17) is 4.74 Å². The van der Waals surface area contributed by atoms with Gasteiger partial charge in [0.05, 0.1) is 23.2 Å². The first-order chi connectivity index (χ1) is 12.2. The molecule has 0 bridgehead atoms. The van der Waals surface area contributed by atoms with Crippen molar-refractivity contribution >= 4 is 27.5 Å². The van der Waals surface area contributed by atoms with Crippen LogP contribution in [-0.2, 0) is 11.3 Å². The van der Waals surface area contributed by atoms with Crippen molar-refractivity contribution in [3.05, 3.63) is 71.6 Å². The van der Waals surface area contributed by atoms with Crippen molar-refractivity contribution in [2.75, 3.05) is 6.61 Å². The molecule has 4 nitrogen and oxygen atoms in total. The topological polar surface area (TPSA) is 43.6 Å². The number of aromatic nitrogens is 1. The molecule has 0 fully saturated rings. The summed E-state index contributed by atoms with van der Waals surface area (Å²) in [5, 5.41) is 0. The standard InChI is InChI=1S/C20H20N2O2S/c1-3-12-22-17-10-9-15(2)14-18(17)25-20(22)21-19(23)11-13-24-16-7-5-4-6-8-16/h3-10,14H,1,11-13H2,2H3. The van der Waals surface area contributed by atoms with Crippen LogP contribution in [0.2, 0.25) is 0 Å². The number of hydrogen-bond acceptors (Lipinski definition) is 3. The molecule has 0 radical (unpaired) electrons. The number of aryl methyl sites for hydroxylation is 1. The second-order valence-electron chi connectivity index (χ2n) is 5.67. The molecule has 0 aliphatic rings. The van der Waals surface area contributed by atoms with Gasteiger partial charge in [-0.3, -0.25) is 4.79 Å². The van der Waals surface area contributed by atoms with Crippen LogP contribution in [0.5, 0.6) is 5.75 Å². The van der Waals surface area contributed by atoms with E-state index < -0.39 is 0 Å². The van der Waals surface area contributed by atoms with Gasteiger partial charge in [-0.25, -0.2) is 0 Å². The Morgan fingerprint density at radius 2 is 2.08 bits per heavy atom. The number of benzene rings is 2. The van der Waals surface area contributed by atoms with Crippen LogP contribution in [0, 0.1) is 6.92 Å². The Balaban J connectivity index is 1.78. The van der Waals surface area contributed by atoms with Gasteiger partial charge in [-0.2, -0.15) is 4.99 Å². The van der Waals surface area contributed by atoms with Gasteiger partial charge in [-0.05, 0) is 36.8 Å². The maximum atomic E-state index is 12.2. The van der Waals surface area contributed by atoms with Gasteiger partial charge in [0.15, 0.2) is 4.80 Å². The monoisotopic (exact) mass is 352 g/mol. The molecule has 0 aliphatic heterocycles. The molecule has 0 saturated heterocycles. The highest BCUT2D eigenvalue weighted by Crippen LogP contribution is 2.19. The fraction of sp³-hybridized carbons (Fsp3) is 0.200. The van der Waals surface area contributed by atoms with Gasteiger partial charge in [0.1, 0.15) is 5.75 Å². The third-order valence-corrected chi connectivity index (χ3v) is 4.74. The third-order valence-electron chi connectivity index (χ3n) is 3.70. The molecule has 1 heterocycles. The molecule has 1 aromatic heterocycles. The SMILES string of the molecule is C=CCn1c(=NC(=O)CCOc2ccccc2)sc2cc(C)ccc21. The van der Waals surface area contributed by atoms with Crippen LogP contribution in [0.25, 0.3) is 10.2 Å². The van der Waals surface area contributed by atoms with E-state index in [1.165, 1.54) is 16.9 Å². The molecule has 0 unspecified atom stereocenters. The lowest BCUT2D eigenvalue weighted by atomic mass is 10.2. The molecule has 0 spiro atoms. The van der Waals surface area contributed by atoms with E-state index in [9.17, 15) is 4.79 Å². The average molecular weight is 352 g/mol. The predicted octanol–water partition coefficient (Wildman–Crippen LogP) is 4.09. The highest BCUT2D eigenvalue weighted by atomic mass is 32.1. The van der Waals surface area contributed by atoms with Crippen LogP contribution in [0.3, 0.4) is 0 Å². The number of carbonyl (C=O) groups excluding carboxylic acids is 1. The summed E-state index contributed by atoms with van der Waals surface area (Å²) < 4.78 is 8.70. The third kappa shape index (κ3) is 4.25. The van der Waals surface area contributed by atoms with Gasteiger partial charge in [0, 0.05) is 6.54 Å². The van der Waals surface area contributed by atoms with Gasteiger partial charge in [0.25, 0.3) is 5.91 Å². The Labute approximate surface area is 150 Å². The van der Waals surface area contributed by atoms with Crippen molar-refractivity contribution in [3.8, 4) is 5.75 Å². The molecule has 1 amide bonds. The summed E-state index contributed by atoms with van der Waals surface area (Å²) >= 11 is 1.52.